The number of nitrogens with zero attached hydrogens (tertiary/aromatic N) is 2. The maximum atomic E-state index is 9.05. The molecule has 2 aromatic carbocycles. The summed E-state index contributed by atoms with van der Waals surface area (Å²) >= 11 is 0. The van der Waals surface area contributed by atoms with Crippen LogP contribution in [-0.2, 0) is 6.42 Å². The molecule has 24 heavy (non-hydrogen) atoms. The Balaban J connectivity index is 1.46. The molecule has 118 valence electrons. The monoisotopic (exact) mass is 314 g/mol. The standard InChI is InChI=1S/C20H18N4/c21-11-12-1-6-16-14(9-12)4-7-18(16)22-15-5-8-19-17(10-15)20(24-23-19)13-2-3-13/h1,5-6,8-10,13,18,22H,2-4,7H2,(H,23,24)/t18-/m1/s1. The zero-order valence-corrected chi connectivity index (χ0v) is 13.3. The van der Waals surface area contributed by atoms with Gasteiger partial charge in [0.05, 0.1) is 28.9 Å². The molecule has 1 atom stereocenters. The second kappa shape index (κ2) is 5.10. The number of nitrogens with one attached hydrogen (secondary N) is 2. The van der Waals surface area contributed by atoms with Crippen LogP contribution in [0.2, 0.25) is 0 Å². The molecule has 1 fully saturated rings. The van der Waals surface area contributed by atoms with Crippen molar-refractivity contribution in [1.29, 1.82) is 5.26 Å². The first kappa shape index (κ1) is 13.6. The first-order chi connectivity index (χ1) is 11.8. The maximum absolute atomic E-state index is 9.05. The fourth-order valence-electron chi connectivity index (χ4n) is 3.83. The highest BCUT2D eigenvalue weighted by molar-refractivity contribution is 5.85. The van der Waals surface area contributed by atoms with E-state index in [-0.39, 0.29) is 0 Å². The Labute approximate surface area is 140 Å². The molecular formula is C20H18N4. The van der Waals surface area contributed by atoms with Crippen LogP contribution in [0, 0.1) is 11.3 Å². The molecule has 0 radical (unpaired) electrons. The van der Waals surface area contributed by atoms with Gasteiger partial charge in [-0.25, -0.2) is 0 Å². The molecule has 0 unspecified atom stereocenters. The lowest BCUT2D eigenvalue weighted by atomic mass is 10.0. The Hall–Kier alpha value is -2.80. The molecule has 0 aliphatic heterocycles. The second-order valence-electron chi connectivity index (χ2n) is 6.90. The summed E-state index contributed by atoms with van der Waals surface area (Å²) < 4.78 is 0. The average molecular weight is 314 g/mol. The molecule has 0 saturated heterocycles. The van der Waals surface area contributed by atoms with Crippen LogP contribution in [0.4, 0.5) is 5.69 Å². The molecule has 4 heteroatoms. The van der Waals surface area contributed by atoms with E-state index >= 15 is 0 Å². The van der Waals surface area contributed by atoms with E-state index in [9.17, 15) is 0 Å². The van der Waals surface area contributed by atoms with Crippen molar-refractivity contribution in [3.8, 4) is 6.07 Å². The molecule has 2 N–H and O–H groups in total. The van der Waals surface area contributed by atoms with Gasteiger partial charge in [0.25, 0.3) is 0 Å². The largest absolute Gasteiger partial charge is 0.378 e. The van der Waals surface area contributed by atoms with Crippen molar-refractivity contribution in [3.05, 3.63) is 58.8 Å². The maximum Gasteiger partial charge on any atom is 0.0991 e. The van der Waals surface area contributed by atoms with Crippen LogP contribution in [-0.4, -0.2) is 10.2 Å². The number of aromatic nitrogens is 2. The molecule has 3 aromatic rings. The number of aryl methyl sites for hydroxylation is 1. The predicted octanol–water partition coefficient (Wildman–Crippen LogP) is 4.41. The number of rotatable bonds is 3. The number of nitriles is 1. The first-order valence-electron chi connectivity index (χ1n) is 8.59. The zero-order chi connectivity index (χ0) is 16.1. The summed E-state index contributed by atoms with van der Waals surface area (Å²) in [6.07, 6.45) is 4.62. The van der Waals surface area contributed by atoms with E-state index in [0.717, 1.165) is 29.6 Å². The van der Waals surface area contributed by atoms with Crippen LogP contribution in [0.15, 0.2) is 36.4 Å². The van der Waals surface area contributed by atoms with Gasteiger partial charge >= 0.3 is 0 Å². The van der Waals surface area contributed by atoms with Crippen molar-refractivity contribution in [1.82, 2.24) is 10.2 Å². The van der Waals surface area contributed by atoms with E-state index in [1.54, 1.807) is 0 Å². The van der Waals surface area contributed by atoms with Crippen molar-refractivity contribution in [2.24, 2.45) is 0 Å². The molecule has 4 nitrogen and oxygen atoms in total. The van der Waals surface area contributed by atoms with Crippen LogP contribution in [0.5, 0.6) is 0 Å². The van der Waals surface area contributed by atoms with Crippen molar-refractivity contribution in [3.63, 3.8) is 0 Å². The van der Waals surface area contributed by atoms with Crippen LogP contribution in [0.1, 0.15) is 53.6 Å². The molecule has 2 aliphatic rings. The molecule has 0 bridgehead atoms. The third-order valence-electron chi connectivity index (χ3n) is 5.25. The van der Waals surface area contributed by atoms with Gasteiger partial charge in [-0.15, -0.1) is 0 Å². The van der Waals surface area contributed by atoms with Gasteiger partial charge in [-0.2, -0.15) is 10.4 Å². The quantitative estimate of drug-likeness (QED) is 0.752. The molecular weight excluding hydrogens is 296 g/mol. The number of aromatic amines is 1. The highest BCUT2D eigenvalue weighted by Crippen LogP contribution is 2.42. The molecule has 5 rings (SSSR count). The minimum atomic E-state index is 0.321. The Morgan fingerprint density at radius 2 is 2.04 bits per heavy atom. The van der Waals surface area contributed by atoms with Crippen LogP contribution < -0.4 is 5.32 Å². The van der Waals surface area contributed by atoms with Gasteiger partial charge in [0.2, 0.25) is 0 Å². The number of benzene rings is 2. The summed E-state index contributed by atoms with van der Waals surface area (Å²) in [5, 5.41) is 21.6. The number of hydrogen-bond acceptors (Lipinski definition) is 3. The van der Waals surface area contributed by atoms with Crippen LogP contribution in [0.3, 0.4) is 0 Å². The predicted molar refractivity (Wildman–Crippen MR) is 93.9 cm³/mol. The molecule has 2 aliphatic carbocycles. The summed E-state index contributed by atoms with van der Waals surface area (Å²) in [5.41, 5.74) is 6.86. The molecule has 1 heterocycles. The number of fused-ring (bicyclic) bond motifs is 2. The van der Waals surface area contributed by atoms with Crippen molar-refractivity contribution < 1.29 is 0 Å². The smallest absolute Gasteiger partial charge is 0.0991 e. The van der Waals surface area contributed by atoms with Crippen LogP contribution >= 0.6 is 0 Å². The topological polar surface area (TPSA) is 64.5 Å². The summed E-state index contributed by atoms with van der Waals surface area (Å²) in [5.74, 6) is 0.644. The van der Waals surface area contributed by atoms with Gasteiger partial charge in [0.1, 0.15) is 0 Å². The van der Waals surface area contributed by atoms with E-state index in [4.69, 9.17) is 5.26 Å². The van der Waals surface area contributed by atoms with E-state index in [1.165, 1.54) is 35.0 Å². The van der Waals surface area contributed by atoms with E-state index in [2.05, 4.69) is 45.8 Å². The average Bonchev–Trinajstić information content (AvgIpc) is 3.25. The number of H-pyrrole nitrogens is 1. The third kappa shape index (κ3) is 2.16. The van der Waals surface area contributed by atoms with Gasteiger partial charge in [-0.1, -0.05) is 6.07 Å². The van der Waals surface area contributed by atoms with Gasteiger partial charge in [0.15, 0.2) is 0 Å². The van der Waals surface area contributed by atoms with Crippen molar-refractivity contribution >= 4 is 16.6 Å². The summed E-state index contributed by atoms with van der Waals surface area (Å²) in [6.45, 7) is 0. The minimum Gasteiger partial charge on any atom is -0.378 e. The lowest BCUT2D eigenvalue weighted by Crippen LogP contribution is -2.07. The Morgan fingerprint density at radius 1 is 1.12 bits per heavy atom. The summed E-state index contributed by atoms with van der Waals surface area (Å²) in [6, 6.07) is 15.1. The third-order valence-corrected chi connectivity index (χ3v) is 5.25. The molecule has 1 saturated carbocycles. The Kier molecular flexibility index (Phi) is 2.90. The van der Waals surface area contributed by atoms with Gasteiger partial charge < -0.3 is 5.32 Å². The SMILES string of the molecule is N#Cc1ccc2c(c1)CC[C@H]2Nc1ccc2[nH]nc(C3CC3)c2c1. The van der Waals surface area contributed by atoms with Crippen LogP contribution in [0.25, 0.3) is 10.9 Å². The van der Waals surface area contributed by atoms with Gasteiger partial charge in [-0.05, 0) is 67.1 Å². The fraction of sp³-hybridized carbons (Fsp3) is 0.300. The Bertz CT molecular complexity index is 975. The lowest BCUT2D eigenvalue weighted by molar-refractivity contribution is 0.762. The summed E-state index contributed by atoms with van der Waals surface area (Å²) in [7, 11) is 0. The normalized spacial score (nSPS) is 19.2. The lowest BCUT2D eigenvalue weighted by Gasteiger charge is -2.16. The zero-order valence-electron chi connectivity index (χ0n) is 13.3. The molecule has 0 amide bonds. The Morgan fingerprint density at radius 3 is 2.88 bits per heavy atom. The van der Waals surface area contributed by atoms with E-state index < -0.39 is 0 Å². The van der Waals surface area contributed by atoms with Crippen molar-refractivity contribution in [2.75, 3.05) is 5.32 Å². The van der Waals surface area contributed by atoms with Gasteiger partial charge in [-0.3, -0.25) is 5.10 Å². The minimum absolute atomic E-state index is 0.321. The van der Waals surface area contributed by atoms with E-state index in [0.29, 0.717) is 12.0 Å². The van der Waals surface area contributed by atoms with Crippen molar-refractivity contribution in [2.45, 2.75) is 37.6 Å². The number of anilines is 1. The molecule has 1 aromatic heterocycles. The highest BCUT2D eigenvalue weighted by atomic mass is 15.1. The summed E-state index contributed by atoms with van der Waals surface area (Å²) in [4.78, 5) is 0. The van der Waals surface area contributed by atoms with E-state index in [1.807, 2.05) is 12.1 Å². The van der Waals surface area contributed by atoms with Gasteiger partial charge in [0, 0.05) is 17.0 Å². The second-order valence-corrected chi connectivity index (χ2v) is 6.90. The first-order valence-corrected chi connectivity index (χ1v) is 8.59. The fourth-order valence-corrected chi connectivity index (χ4v) is 3.83. The molecule has 0 spiro atoms. The number of hydrogen-bond donors (Lipinski definition) is 2. The highest BCUT2D eigenvalue weighted by Gasteiger charge is 2.28.